The largest absolute Gasteiger partial charge is 0.428 e. The molecule has 0 aromatic heterocycles. The van der Waals surface area contributed by atoms with Crippen molar-refractivity contribution in [2.45, 2.75) is 19.1 Å². The summed E-state index contributed by atoms with van der Waals surface area (Å²) in [7, 11) is 0. The Morgan fingerprint density at radius 3 is 2.75 bits per heavy atom. The number of hydrogen-bond acceptors (Lipinski definition) is 4. The molecule has 0 saturated carbocycles. The van der Waals surface area contributed by atoms with Crippen LogP contribution in [0.5, 0.6) is 0 Å². The number of carbonyl (C=O) groups is 2. The van der Waals surface area contributed by atoms with Crippen LogP contribution in [0.3, 0.4) is 0 Å². The fourth-order valence-electron chi connectivity index (χ4n) is 1.65. The molecule has 0 spiro atoms. The Kier molecular flexibility index (Phi) is 2.40. The monoisotopic (exact) mass is 220 g/mol. The van der Waals surface area contributed by atoms with E-state index >= 15 is 0 Å². The molecule has 5 heteroatoms. The van der Waals surface area contributed by atoms with E-state index in [1.54, 1.807) is 25.1 Å². The lowest BCUT2D eigenvalue weighted by molar-refractivity contribution is -0.130. The van der Waals surface area contributed by atoms with Crippen molar-refractivity contribution in [3.8, 4) is 0 Å². The van der Waals surface area contributed by atoms with E-state index < -0.39 is 17.6 Å². The van der Waals surface area contributed by atoms with Crippen LogP contribution in [-0.4, -0.2) is 12.0 Å². The van der Waals surface area contributed by atoms with Crippen LogP contribution in [0, 0.1) is 0 Å². The molecule has 5 nitrogen and oxygen atoms in total. The van der Waals surface area contributed by atoms with Crippen LogP contribution < -0.4 is 11.1 Å². The molecule has 1 aliphatic heterocycles. The molecule has 16 heavy (non-hydrogen) atoms. The third-order valence-corrected chi connectivity index (χ3v) is 2.66. The number of imide groups is 1. The summed E-state index contributed by atoms with van der Waals surface area (Å²) >= 11 is 0. The first kappa shape index (κ1) is 10.6. The van der Waals surface area contributed by atoms with Gasteiger partial charge in [-0.3, -0.25) is 10.1 Å². The smallest absolute Gasteiger partial charge is 0.415 e. The Bertz CT molecular complexity index is 458. The summed E-state index contributed by atoms with van der Waals surface area (Å²) in [5.41, 5.74) is 5.77. The maximum Gasteiger partial charge on any atom is 0.415 e. The zero-order valence-corrected chi connectivity index (χ0v) is 8.82. The molecule has 1 saturated heterocycles. The van der Waals surface area contributed by atoms with E-state index in [0.29, 0.717) is 12.1 Å². The summed E-state index contributed by atoms with van der Waals surface area (Å²) in [5.74, 6) is -0.452. The first-order valence-electron chi connectivity index (χ1n) is 4.90. The van der Waals surface area contributed by atoms with Gasteiger partial charge in [-0.25, -0.2) is 4.79 Å². The van der Waals surface area contributed by atoms with E-state index in [1.165, 1.54) is 0 Å². The number of hydrogen-bond donors (Lipinski definition) is 2. The topological polar surface area (TPSA) is 81.4 Å². The van der Waals surface area contributed by atoms with E-state index in [9.17, 15) is 9.59 Å². The van der Waals surface area contributed by atoms with Crippen molar-refractivity contribution in [3.05, 3.63) is 35.4 Å². The maximum absolute atomic E-state index is 11.6. The van der Waals surface area contributed by atoms with Gasteiger partial charge in [0.05, 0.1) is 0 Å². The lowest BCUT2D eigenvalue weighted by atomic mass is 9.94. The molecule has 0 aliphatic carbocycles. The van der Waals surface area contributed by atoms with Crippen LogP contribution in [-0.2, 0) is 21.7 Å². The van der Waals surface area contributed by atoms with Gasteiger partial charge in [-0.1, -0.05) is 18.2 Å². The van der Waals surface area contributed by atoms with E-state index in [0.717, 1.165) is 5.56 Å². The minimum absolute atomic E-state index is 0.374. The highest BCUT2D eigenvalue weighted by atomic mass is 16.6. The predicted octanol–water partition coefficient (Wildman–Crippen LogP) is 0.627. The van der Waals surface area contributed by atoms with Gasteiger partial charge < -0.3 is 10.5 Å². The first-order valence-corrected chi connectivity index (χ1v) is 4.90. The predicted molar refractivity (Wildman–Crippen MR) is 56.3 cm³/mol. The SMILES string of the molecule is CC1(c2cccc(CN)c2)OC(=O)NC1=O. The Morgan fingerprint density at radius 2 is 2.19 bits per heavy atom. The summed E-state index contributed by atoms with van der Waals surface area (Å²) in [6.45, 7) is 1.93. The fraction of sp³-hybridized carbons (Fsp3) is 0.273. The molecular weight excluding hydrogens is 208 g/mol. The number of rotatable bonds is 2. The van der Waals surface area contributed by atoms with E-state index in [2.05, 4.69) is 5.32 Å². The fourth-order valence-corrected chi connectivity index (χ4v) is 1.65. The second-order valence-electron chi connectivity index (χ2n) is 3.78. The highest BCUT2D eigenvalue weighted by Gasteiger charge is 2.46. The van der Waals surface area contributed by atoms with Crippen molar-refractivity contribution < 1.29 is 14.3 Å². The quantitative estimate of drug-likeness (QED) is 0.765. The van der Waals surface area contributed by atoms with Gasteiger partial charge in [0.1, 0.15) is 0 Å². The average Bonchev–Trinajstić information content (AvgIpc) is 2.54. The highest BCUT2D eigenvalue weighted by molar-refractivity contribution is 6.03. The van der Waals surface area contributed by atoms with Crippen LogP contribution in [0.2, 0.25) is 0 Å². The molecule has 2 rings (SSSR count). The van der Waals surface area contributed by atoms with Gasteiger partial charge in [0, 0.05) is 12.1 Å². The summed E-state index contributed by atoms with van der Waals surface area (Å²) in [4.78, 5) is 22.6. The zero-order chi connectivity index (χ0) is 11.8. The molecule has 1 aromatic carbocycles. The normalized spacial score (nSPS) is 24.1. The number of cyclic esters (lactones) is 1. The second kappa shape index (κ2) is 3.61. The standard InChI is InChI=1S/C11H12N2O3/c1-11(9(14)13-10(15)16-11)8-4-2-3-7(5-8)6-12/h2-5H,6,12H2,1H3,(H,13,14,15). The van der Waals surface area contributed by atoms with Crippen molar-refractivity contribution in [2.24, 2.45) is 5.73 Å². The van der Waals surface area contributed by atoms with E-state index in [1.807, 2.05) is 6.07 Å². The number of carbonyl (C=O) groups excluding carboxylic acids is 2. The molecular formula is C11H12N2O3. The highest BCUT2D eigenvalue weighted by Crippen LogP contribution is 2.29. The van der Waals surface area contributed by atoms with E-state index in [4.69, 9.17) is 10.5 Å². The Morgan fingerprint density at radius 1 is 1.44 bits per heavy atom. The Balaban J connectivity index is 2.43. The van der Waals surface area contributed by atoms with Gasteiger partial charge in [-0.15, -0.1) is 0 Å². The number of nitrogens with two attached hydrogens (primary N) is 1. The van der Waals surface area contributed by atoms with Gasteiger partial charge in [0.25, 0.3) is 5.91 Å². The van der Waals surface area contributed by atoms with Gasteiger partial charge in [0.2, 0.25) is 5.60 Å². The maximum atomic E-state index is 11.6. The summed E-state index contributed by atoms with van der Waals surface area (Å²) in [5, 5.41) is 2.11. The average molecular weight is 220 g/mol. The summed E-state index contributed by atoms with van der Waals surface area (Å²) < 4.78 is 5.01. The van der Waals surface area contributed by atoms with Crippen molar-refractivity contribution in [1.29, 1.82) is 0 Å². The molecule has 1 aromatic rings. The minimum Gasteiger partial charge on any atom is -0.428 e. The van der Waals surface area contributed by atoms with Crippen molar-refractivity contribution in [3.63, 3.8) is 0 Å². The van der Waals surface area contributed by atoms with Crippen LogP contribution in [0.25, 0.3) is 0 Å². The van der Waals surface area contributed by atoms with Gasteiger partial charge in [0.15, 0.2) is 0 Å². The van der Waals surface area contributed by atoms with Gasteiger partial charge in [-0.05, 0) is 18.6 Å². The Hall–Kier alpha value is -1.88. The molecule has 2 amide bonds. The number of nitrogens with one attached hydrogen (secondary N) is 1. The van der Waals surface area contributed by atoms with Gasteiger partial charge in [-0.2, -0.15) is 0 Å². The minimum atomic E-state index is -1.25. The molecule has 0 bridgehead atoms. The van der Waals surface area contributed by atoms with Gasteiger partial charge >= 0.3 is 6.09 Å². The van der Waals surface area contributed by atoms with Crippen LogP contribution in [0.1, 0.15) is 18.1 Å². The molecule has 1 heterocycles. The van der Waals surface area contributed by atoms with E-state index in [-0.39, 0.29) is 0 Å². The third kappa shape index (κ3) is 1.55. The zero-order valence-electron chi connectivity index (χ0n) is 8.82. The molecule has 3 N–H and O–H groups in total. The molecule has 1 unspecified atom stereocenters. The number of ether oxygens (including phenoxy) is 1. The Labute approximate surface area is 92.6 Å². The van der Waals surface area contributed by atoms with Crippen molar-refractivity contribution in [1.82, 2.24) is 5.32 Å². The first-order chi connectivity index (χ1) is 7.56. The second-order valence-corrected chi connectivity index (χ2v) is 3.78. The molecule has 1 aliphatic rings. The molecule has 1 atom stereocenters. The van der Waals surface area contributed by atoms with Crippen molar-refractivity contribution >= 4 is 12.0 Å². The molecule has 0 radical (unpaired) electrons. The molecule has 84 valence electrons. The summed E-state index contributed by atoms with van der Waals surface area (Å²) in [6.07, 6.45) is -0.717. The number of alkyl carbamates (subject to hydrolysis) is 1. The summed E-state index contributed by atoms with van der Waals surface area (Å²) in [6, 6.07) is 7.12. The lowest BCUT2D eigenvalue weighted by Crippen LogP contribution is -2.33. The third-order valence-electron chi connectivity index (χ3n) is 2.66. The van der Waals surface area contributed by atoms with Crippen LogP contribution >= 0.6 is 0 Å². The van der Waals surface area contributed by atoms with Crippen molar-refractivity contribution in [2.75, 3.05) is 0 Å². The lowest BCUT2D eigenvalue weighted by Gasteiger charge is -2.19. The number of amides is 2. The number of benzene rings is 1. The molecule has 1 fully saturated rings. The van der Waals surface area contributed by atoms with Crippen LogP contribution in [0.4, 0.5) is 4.79 Å². The van der Waals surface area contributed by atoms with Crippen LogP contribution in [0.15, 0.2) is 24.3 Å².